The predicted octanol–water partition coefficient (Wildman–Crippen LogP) is 1.99. The van der Waals surface area contributed by atoms with Crippen LogP contribution in [0.2, 0.25) is 0 Å². The molecule has 2 aromatic rings. The molecule has 1 aromatic heterocycles. The van der Waals surface area contributed by atoms with Crippen molar-refractivity contribution in [1.29, 1.82) is 0 Å². The lowest BCUT2D eigenvalue weighted by molar-refractivity contribution is -0.121. The molecule has 114 valence electrons. The Labute approximate surface area is 131 Å². The SMILES string of the molecule is Cc1csc(NC(=O)Cc2ccc3c(c2)N(C)C(=O)CO3)n1. The van der Waals surface area contributed by atoms with Gasteiger partial charge in [0.2, 0.25) is 5.91 Å². The Morgan fingerprint density at radius 2 is 2.32 bits per heavy atom. The van der Waals surface area contributed by atoms with Crippen molar-refractivity contribution in [3.8, 4) is 5.75 Å². The topological polar surface area (TPSA) is 71.5 Å². The van der Waals surface area contributed by atoms with Gasteiger partial charge in [-0.1, -0.05) is 6.07 Å². The fourth-order valence-electron chi connectivity index (χ4n) is 2.19. The average molecular weight is 317 g/mol. The molecule has 6 nitrogen and oxygen atoms in total. The van der Waals surface area contributed by atoms with Gasteiger partial charge in [-0.15, -0.1) is 11.3 Å². The Kier molecular flexibility index (Phi) is 3.81. The lowest BCUT2D eigenvalue weighted by Crippen LogP contribution is -2.35. The molecule has 22 heavy (non-hydrogen) atoms. The van der Waals surface area contributed by atoms with E-state index in [0.717, 1.165) is 11.3 Å². The first-order valence-electron chi connectivity index (χ1n) is 6.77. The zero-order valence-corrected chi connectivity index (χ0v) is 13.1. The molecule has 0 fully saturated rings. The lowest BCUT2D eigenvalue weighted by Gasteiger charge is -2.26. The number of ether oxygens (including phenoxy) is 1. The van der Waals surface area contributed by atoms with Crippen LogP contribution in [0.5, 0.6) is 5.75 Å². The second-order valence-corrected chi connectivity index (χ2v) is 5.92. The van der Waals surface area contributed by atoms with Crippen LogP contribution >= 0.6 is 11.3 Å². The number of anilines is 2. The zero-order chi connectivity index (χ0) is 15.7. The largest absolute Gasteiger partial charge is 0.482 e. The zero-order valence-electron chi connectivity index (χ0n) is 12.3. The van der Waals surface area contributed by atoms with Crippen molar-refractivity contribution in [2.45, 2.75) is 13.3 Å². The van der Waals surface area contributed by atoms with Gasteiger partial charge in [-0.25, -0.2) is 4.98 Å². The number of carbonyl (C=O) groups excluding carboxylic acids is 2. The fourth-order valence-corrected chi connectivity index (χ4v) is 2.89. The minimum Gasteiger partial charge on any atom is -0.482 e. The monoisotopic (exact) mass is 317 g/mol. The van der Waals surface area contributed by atoms with Gasteiger partial charge >= 0.3 is 0 Å². The van der Waals surface area contributed by atoms with E-state index in [1.165, 1.54) is 11.3 Å². The molecule has 3 rings (SSSR count). The van der Waals surface area contributed by atoms with Crippen molar-refractivity contribution in [2.75, 3.05) is 23.9 Å². The first-order valence-corrected chi connectivity index (χ1v) is 7.65. The maximum Gasteiger partial charge on any atom is 0.264 e. The van der Waals surface area contributed by atoms with Crippen molar-refractivity contribution >= 4 is 34.0 Å². The summed E-state index contributed by atoms with van der Waals surface area (Å²) >= 11 is 1.40. The summed E-state index contributed by atoms with van der Waals surface area (Å²) in [6, 6.07) is 5.42. The van der Waals surface area contributed by atoms with Crippen LogP contribution in [0.1, 0.15) is 11.3 Å². The molecule has 0 radical (unpaired) electrons. The van der Waals surface area contributed by atoms with Crippen LogP contribution in [0.25, 0.3) is 0 Å². The van der Waals surface area contributed by atoms with Crippen molar-refractivity contribution in [1.82, 2.24) is 4.98 Å². The molecule has 1 N–H and O–H groups in total. The van der Waals surface area contributed by atoms with Gasteiger partial charge < -0.3 is 15.0 Å². The number of hydrogen-bond donors (Lipinski definition) is 1. The minimum atomic E-state index is -0.139. The van der Waals surface area contributed by atoms with Crippen LogP contribution < -0.4 is 15.0 Å². The summed E-state index contributed by atoms with van der Waals surface area (Å²) in [5.41, 5.74) is 2.38. The number of carbonyl (C=O) groups is 2. The summed E-state index contributed by atoms with van der Waals surface area (Å²) in [6.07, 6.45) is 0.216. The number of nitrogens with zero attached hydrogens (tertiary/aromatic N) is 2. The van der Waals surface area contributed by atoms with Crippen LogP contribution in [0.3, 0.4) is 0 Å². The van der Waals surface area contributed by atoms with Crippen LogP contribution in [0.4, 0.5) is 10.8 Å². The van der Waals surface area contributed by atoms with Gasteiger partial charge in [-0.2, -0.15) is 0 Å². The molecule has 2 heterocycles. The van der Waals surface area contributed by atoms with Gasteiger partial charge in [0.05, 0.1) is 17.8 Å². The summed E-state index contributed by atoms with van der Waals surface area (Å²) < 4.78 is 5.36. The average Bonchev–Trinajstić information content (AvgIpc) is 2.88. The third kappa shape index (κ3) is 2.94. The summed E-state index contributed by atoms with van der Waals surface area (Å²) in [4.78, 5) is 29.4. The number of aromatic nitrogens is 1. The van der Waals surface area contributed by atoms with E-state index in [1.807, 2.05) is 18.4 Å². The third-order valence-electron chi connectivity index (χ3n) is 3.34. The van der Waals surface area contributed by atoms with Crippen molar-refractivity contribution in [3.05, 3.63) is 34.8 Å². The second kappa shape index (κ2) is 5.76. The fraction of sp³-hybridized carbons (Fsp3) is 0.267. The highest BCUT2D eigenvalue weighted by molar-refractivity contribution is 7.13. The van der Waals surface area contributed by atoms with E-state index in [4.69, 9.17) is 4.74 Å². The Morgan fingerprint density at radius 1 is 1.50 bits per heavy atom. The van der Waals surface area contributed by atoms with Crippen molar-refractivity contribution in [3.63, 3.8) is 0 Å². The molecule has 0 saturated carbocycles. The molecule has 0 spiro atoms. The van der Waals surface area contributed by atoms with Gasteiger partial charge in [-0.3, -0.25) is 9.59 Å². The molecule has 0 aliphatic carbocycles. The minimum absolute atomic E-state index is 0.0483. The number of fused-ring (bicyclic) bond motifs is 1. The number of benzene rings is 1. The Morgan fingerprint density at radius 3 is 3.05 bits per heavy atom. The molecule has 2 amide bonds. The van der Waals surface area contributed by atoms with Crippen molar-refractivity contribution in [2.24, 2.45) is 0 Å². The molecule has 0 saturated heterocycles. The standard InChI is InChI=1S/C15H15N3O3S/c1-9-8-22-15(16-9)17-13(19)6-10-3-4-12-11(5-10)18(2)14(20)7-21-12/h3-5,8H,6-7H2,1-2H3,(H,16,17,19). The number of hydrogen-bond acceptors (Lipinski definition) is 5. The lowest BCUT2D eigenvalue weighted by atomic mass is 10.1. The normalized spacial score (nSPS) is 13.5. The molecular weight excluding hydrogens is 302 g/mol. The van der Waals surface area contributed by atoms with Crippen molar-refractivity contribution < 1.29 is 14.3 Å². The number of thiazole rings is 1. The summed E-state index contributed by atoms with van der Waals surface area (Å²) in [5, 5.41) is 5.24. The molecule has 0 unspecified atom stereocenters. The summed E-state index contributed by atoms with van der Waals surface area (Å²) in [7, 11) is 1.70. The molecule has 0 bridgehead atoms. The van der Waals surface area contributed by atoms with Crippen LogP contribution in [0, 0.1) is 6.92 Å². The van der Waals surface area contributed by atoms with E-state index in [2.05, 4.69) is 10.3 Å². The van der Waals surface area contributed by atoms with Gasteiger partial charge in [-0.05, 0) is 24.6 Å². The molecule has 7 heteroatoms. The highest BCUT2D eigenvalue weighted by Crippen LogP contribution is 2.32. The third-order valence-corrected chi connectivity index (χ3v) is 4.22. The smallest absolute Gasteiger partial charge is 0.264 e. The number of rotatable bonds is 3. The van der Waals surface area contributed by atoms with E-state index in [-0.39, 0.29) is 24.8 Å². The second-order valence-electron chi connectivity index (χ2n) is 5.06. The van der Waals surface area contributed by atoms with E-state index >= 15 is 0 Å². The molecule has 1 aromatic carbocycles. The van der Waals surface area contributed by atoms with Crippen LogP contribution in [-0.4, -0.2) is 30.5 Å². The highest BCUT2D eigenvalue weighted by atomic mass is 32.1. The number of likely N-dealkylation sites (N-methyl/N-ethyl adjacent to an activating group) is 1. The summed E-state index contributed by atoms with van der Waals surface area (Å²) in [5.74, 6) is 0.411. The van der Waals surface area contributed by atoms with Gasteiger partial charge in [0.15, 0.2) is 11.7 Å². The van der Waals surface area contributed by atoms with Crippen LogP contribution in [0.15, 0.2) is 23.6 Å². The first kappa shape index (κ1) is 14.5. The molecular formula is C15H15N3O3S. The summed E-state index contributed by atoms with van der Waals surface area (Å²) in [6.45, 7) is 1.93. The van der Waals surface area contributed by atoms with Gasteiger partial charge in [0, 0.05) is 12.4 Å². The first-order chi connectivity index (χ1) is 10.5. The maximum atomic E-state index is 12.0. The molecule has 1 aliphatic heterocycles. The molecule has 0 atom stereocenters. The Hall–Kier alpha value is -2.41. The Balaban J connectivity index is 1.73. The predicted molar refractivity (Wildman–Crippen MR) is 84.5 cm³/mol. The number of nitrogens with one attached hydrogen (secondary N) is 1. The Bertz CT molecular complexity index is 741. The van der Waals surface area contributed by atoms with E-state index in [9.17, 15) is 9.59 Å². The highest BCUT2D eigenvalue weighted by Gasteiger charge is 2.22. The van der Waals surface area contributed by atoms with Gasteiger partial charge in [0.1, 0.15) is 5.75 Å². The van der Waals surface area contributed by atoms with Gasteiger partial charge in [0.25, 0.3) is 5.91 Å². The quantitative estimate of drug-likeness (QED) is 0.940. The van der Waals surface area contributed by atoms with Crippen LogP contribution in [-0.2, 0) is 16.0 Å². The number of aryl methyl sites for hydroxylation is 1. The molecule has 1 aliphatic rings. The van der Waals surface area contributed by atoms with E-state index < -0.39 is 0 Å². The number of amides is 2. The van der Waals surface area contributed by atoms with E-state index in [1.54, 1.807) is 24.1 Å². The van der Waals surface area contributed by atoms with E-state index in [0.29, 0.717) is 16.6 Å². The maximum absolute atomic E-state index is 12.0.